The van der Waals surface area contributed by atoms with Crippen molar-refractivity contribution in [3.8, 4) is 11.5 Å². The molecule has 0 saturated carbocycles. The minimum atomic E-state index is -0.625. The molecule has 2 rings (SSSR count). The Hall–Kier alpha value is -2.85. The van der Waals surface area contributed by atoms with E-state index in [1.54, 1.807) is 48.5 Å². The van der Waals surface area contributed by atoms with Crippen LogP contribution >= 0.6 is 0 Å². The van der Waals surface area contributed by atoms with Crippen LogP contribution in [0.15, 0.2) is 48.5 Å². The van der Waals surface area contributed by atoms with E-state index in [9.17, 15) is 15.0 Å². The number of nitrogens with one attached hydrogen (secondary N) is 4. The van der Waals surface area contributed by atoms with Crippen LogP contribution in [0.2, 0.25) is 0 Å². The lowest BCUT2D eigenvalue weighted by atomic mass is 10.1. The van der Waals surface area contributed by atoms with E-state index < -0.39 is 12.2 Å². The van der Waals surface area contributed by atoms with Crippen LogP contribution in [-0.4, -0.2) is 65.8 Å². The van der Waals surface area contributed by atoms with Gasteiger partial charge < -0.3 is 41.0 Å². The third-order valence-corrected chi connectivity index (χ3v) is 4.85. The van der Waals surface area contributed by atoms with Gasteiger partial charge in [0.1, 0.15) is 36.9 Å². The van der Waals surface area contributed by atoms with Gasteiger partial charge in [-0.2, -0.15) is 0 Å². The second-order valence-corrected chi connectivity index (χ2v) is 10.8. The summed E-state index contributed by atoms with van der Waals surface area (Å²) in [5.74, 6) is 1.20. The van der Waals surface area contributed by atoms with Crippen molar-refractivity contribution < 1.29 is 24.5 Å². The van der Waals surface area contributed by atoms with Gasteiger partial charge in [-0.3, -0.25) is 0 Å². The van der Waals surface area contributed by atoms with Crippen molar-refractivity contribution in [1.82, 2.24) is 10.6 Å². The number of hydrogen-bond acceptors (Lipinski definition) is 7. The van der Waals surface area contributed by atoms with Crippen molar-refractivity contribution in [1.29, 1.82) is 0 Å². The zero-order valence-electron chi connectivity index (χ0n) is 22.2. The van der Waals surface area contributed by atoms with Crippen molar-refractivity contribution >= 4 is 17.4 Å². The smallest absolute Gasteiger partial charge is 0.323 e. The lowest BCUT2D eigenvalue weighted by Crippen LogP contribution is -2.42. The summed E-state index contributed by atoms with van der Waals surface area (Å²) in [6, 6.07) is 13.5. The molecule has 0 heterocycles. The maximum atomic E-state index is 12.3. The number of anilines is 2. The summed E-state index contributed by atoms with van der Waals surface area (Å²) in [5, 5.41) is 32.0. The largest absolute Gasteiger partial charge is 0.491 e. The standard InChI is InChI=1S/C27H42N4O5/c1-26(2,3)28-15-21(32)17-35-23-11-7-19(8-12-23)30-25(34)31-20-9-13-24(14-10-20)36-18-22(33)16-29-27(4,5)6/h7-14,21-22,28-29,32-33H,15-18H2,1-6H3,(H2,30,31,34). The van der Waals surface area contributed by atoms with E-state index in [0.29, 0.717) is 36.0 Å². The highest BCUT2D eigenvalue weighted by molar-refractivity contribution is 5.99. The van der Waals surface area contributed by atoms with Crippen LogP contribution in [0, 0.1) is 0 Å². The lowest BCUT2D eigenvalue weighted by Gasteiger charge is -2.23. The van der Waals surface area contributed by atoms with Crippen LogP contribution in [-0.2, 0) is 0 Å². The van der Waals surface area contributed by atoms with Gasteiger partial charge in [-0.1, -0.05) is 0 Å². The third-order valence-electron chi connectivity index (χ3n) is 4.85. The Balaban J connectivity index is 1.72. The van der Waals surface area contributed by atoms with Crippen LogP contribution in [0.25, 0.3) is 0 Å². The Morgan fingerprint density at radius 2 is 1.03 bits per heavy atom. The first kappa shape index (κ1) is 29.4. The van der Waals surface area contributed by atoms with E-state index in [1.165, 1.54) is 0 Å². The molecule has 0 aliphatic heterocycles. The molecule has 9 nitrogen and oxygen atoms in total. The number of β-amino-alcohol motifs (C(OH)–C–C–N with tert-alkyl or cyclic N) is 2. The third kappa shape index (κ3) is 12.7. The number of aliphatic hydroxyl groups excluding tert-OH is 2. The Bertz CT molecular complexity index is 846. The summed E-state index contributed by atoms with van der Waals surface area (Å²) in [6.45, 7) is 13.4. The first-order valence-electron chi connectivity index (χ1n) is 12.2. The highest BCUT2D eigenvalue weighted by atomic mass is 16.5. The van der Waals surface area contributed by atoms with E-state index in [1.807, 2.05) is 41.5 Å². The first-order chi connectivity index (χ1) is 16.8. The number of carbonyl (C=O) groups excluding carboxylic acids is 1. The molecular formula is C27H42N4O5. The summed E-state index contributed by atoms with van der Waals surface area (Å²) in [4.78, 5) is 12.3. The van der Waals surface area contributed by atoms with Crippen LogP contribution in [0.3, 0.4) is 0 Å². The van der Waals surface area contributed by atoms with E-state index >= 15 is 0 Å². The maximum Gasteiger partial charge on any atom is 0.323 e. The second kappa shape index (κ2) is 13.5. The van der Waals surface area contributed by atoms with Crippen molar-refractivity contribution in [2.24, 2.45) is 0 Å². The quantitative estimate of drug-likeness (QED) is 0.262. The fourth-order valence-electron chi connectivity index (χ4n) is 2.91. The molecule has 0 radical (unpaired) electrons. The zero-order chi connectivity index (χ0) is 26.8. The highest BCUT2D eigenvalue weighted by Crippen LogP contribution is 2.18. The number of amides is 2. The van der Waals surface area contributed by atoms with Gasteiger partial charge in [-0.25, -0.2) is 4.79 Å². The summed E-state index contributed by atoms with van der Waals surface area (Å²) >= 11 is 0. The summed E-state index contributed by atoms with van der Waals surface area (Å²) in [6.07, 6.45) is -1.25. The predicted molar refractivity (Wildman–Crippen MR) is 144 cm³/mol. The van der Waals surface area contributed by atoms with Crippen molar-refractivity contribution in [2.75, 3.05) is 36.9 Å². The first-order valence-corrected chi connectivity index (χ1v) is 12.2. The molecule has 2 aromatic rings. The van der Waals surface area contributed by atoms with Gasteiger partial charge in [0.25, 0.3) is 0 Å². The Labute approximate surface area is 214 Å². The Kier molecular flexibility index (Phi) is 11.0. The number of carbonyl (C=O) groups is 1. The van der Waals surface area contributed by atoms with E-state index in [2.05, 4.69) is 21.3 Å². The highest BCUT2D eigenvalue weighted by Gasteiger charge is 2.14. The number of urea groups is 1. The van der Waals surface area contributed by atoms with Gasteiger partial charge in [0, 0.05) is 35.5 Å². The second-order valence-electron chi connectivity index (χ2n) is 10.8. The fraction of sp³-hybridized carbons (Fsp3) is 0.519. The van der Waals surface area contributed by atoms with Crippen LogP contribution in [0.1, 0.15) is 41.5 Å². The number of ether oxygens (including phenoxy) is 2. The van der Waals surface area contributed by atoms with Gasteiger partial charge in [-0.05, 0) is 90.1 Å². The average Bonchev–Trinajstić information content (AvgIpc) is 2.79. The molecule has 2 amide bonds. The Morgan fingerprint density at radius 3 is 1.33 bits per heavy atom. The molecule has 0 bridgehead atoms. The van der Waals surface area contributed by atoms with Crippen molar-refractivity contribution in [2.45, 2.75) is 64.8 Å². The minimum absolute atomic E-state index is 0.0715. The van der Waals surface area contributed by atoms with Crippen molar-refractivity contribution in [3.63, 3.8) is 0 Å². The minimum Gasteiger partial charge on any atom is -0.491 e. The van der Waals surface area contributed by atoms with Gasteiger partial charge >= 0.3 is 6.03 Å². The van der Waals surface area contributed by atoms with Crippen LogP contribution < -0.4 is 30.7 Å². The summed E-state index contributed by atoms with van der Waals surface area (Å²) < 4.78 is 11.2. The molecule has 0 aliphatic rings. The predicted octanol–water partition coefficient (Wildman–Crippen LogP) is 3.59. The maximum absolute atomic E-state index is 12.3. The molecule has 200 valence electrons. The molecule has 36 heavy (non-hydrogen) atoms. The number of aliphatic hydroxyl groups is 2. The number of hydrogen-bond donors (Lipinski definition) is 6. The molecule has 9 heteroatoms. The summed E-state index contributed by atoms with van der Waals surface area (Å²) in [5.41, 5.74) is 1.07. The SMILES string of the molecule is CC(C)(C)NCC(O)COc1ccc(NC(=O)Nc2ccc(OCC(O)CNC(C)(C)C)cc2)cc1. The molecule has 0 fully saturated rings. The molecule has 2 atom stereocenters. The lowest BCUT2D eigenvalue weighted by molar-refractivity contribution is 0.100. The molecule has 0 saturated heterocycles. The van der Waals surface area contributed by atoms with E-state index in [4.69, 9.17) is 9.47 Å². The van der Waals surface area contributed by atoms with Crippen LogP contribution in [0.4, 0.5) is 16.2 Å². The molecule has 0 aliphatic carbocycles. The molecular weight excluding hydrogens is 460 g/mol. The molecule has 2 unspecified atom stereocenters. The molecule has 0 aromatic heterocycles. The normalized spacial score (nSPS) is 13.6. The number of benzene rings is 2. The fourth-order valence-corrected chi connectivity index (χ4v) is 2.91. The molecule has 2 aromatic carbocycles. The summed E-state index contributed by atoms with van der Waals surface area (Å²) in [7, 11) is 0. The Morgan fingerprint density at radius 1 is 0.694 bits per heavy atom. The van der Waals surface area contributed by atoms with E-state index in [0.717, 1.165) is 0 Å². The molecule has 0 spiro atoms. The molecule has 6 N–H and O–H groups in total. The number of rotatable bonds is 12. The van der Waals surface area contributed by atoms with Gasteiger partial charge in [0.15, 0.2) is 0 Å². The van der Waals surface area contributed by atoms with E-state index in [-0.39, 0.29) is 30.3 Å². The average molecular weight is 503 g/mol. The zero-order valence-corrected chi connectivity index (χ0v) is 22.2. The van der Waals surface area contributed by atoms with Gasteiger partial charge in [-0.15, -0.1) is 0 Å². The van der Waals surface area contributed by atoms with Crippen molar-refractivity contribution in [3.05, 3.63) is 48.5 Å². The monoisotopic (exact) mass is 502 g/mol. The van der Waals surface area contributed by atoms with Crippen LogP contribution in [0.5, 0.6) is 11.5 Å². The van der Waals surface area contributed by atoms with Gasteiger partial charge in [0.2, 0.25) is 0 Å². The topological polar surface area (TPSA) is 124 Å². The van der Waals surface area contributed by atoms with Gasteiger partial charge in [0.05, 0.1) is 0 Å².